The predicted molar refractivity (Wildman–Crippen MR) is 461 cm³/mol. The van der Waals surface area contributed by atoms with Crippen LogP contribution in [0.3, 0.4) is 0 Å². The van der Waals surface area contributed by atoms with Crippen molar-refractivity contribution in [3.05, 3.63) is 416 Å². The predicted octanol–water partition coefficient (Wildman–Crippen LogP) is 28.3. The van der Waals surface area contributed by atoms with E-state index in [2.05, 4.69) is 396 Å². The zero-order valence-corrected chi connectivity index (χ0v) is 60.0. The van der Waals surface area contributed by atoms with E-state index in [0.29, 0.717) is 0 Å². The number of nitrogens with zero attached hydrogens (tertiary/aromatic N) is 3. The first-order chi connectivity index (χ1) is 54.6. The molecule has 0 bridgehead atoms. The first-order valence-electron chi connectivity index (χ1n) is 38.2. The molecule has 0 spiro atoms. The molecule has 4 heterocycles. The minimum absolute atomic E-state index is 0.118. The third kappa shape index (κ3) is 9.46. The molecule has 0 saturated carbocycles. The first kappa shape index (κ1) is 61.9. The molecule has 110 heavy (non-hydrogen) atoms. The molecule has 18 aromatic carbocycles. The van der Waals surface area contributed by atoms with E-state index in [0.717, 1.165) is 23.0 Å². The molecule has 0 N–H and O–H groups in total. The molecule has 2 aliphatic carbocycles. The Hall–Kier alpha value is -14.3. The van der Waals surface area contributed by atoms with Gasteiger partial charge in [-0.15, -0.1) is 0 Å². The van der Waals surface area contributed by atoms with Crippen LogP contribution >= 0.6 is 0 Å². The monoisotopic (exact) mass is 1400 g/mol. The smallest absolute Gasteiger partial charge is 0.136 e. The maximum atomic E-state index is 6.31. The summed E-state index contributed by atoms with van der Waals surface area (Å²) in [6.07, 6.45) is 0.967. The van der Waals surface area contributed by atoms with E-state index in [-0.39, 0.29) is 5.92 Å². The molecule has 4 aromatic heterocycles. The molecule has 22 aromatic rings. The zero-order valence-electron chi connectivity index (χ0n) is 60.0. The Labute approximate surface area is 635 Å². The lowest BCUT2D eigenvalue weighted by molar-refractivity contribution is 0.669. The van der Waals surface area contributed by atoms with Gasteiger partial charge >= 0.3 is 0 Å². The van der Waals surface area contributed by atoms with E-state index in [9.17, 15) is 0 Å². The van der Waals surface area contributed by atoms with Crippen LogP contribution in [0.2, 0.25) is 0 Å². The number of para-hydroxylation sites is 6. The van der Waals surface area contributed by atoms with E-state index in [4.69, 9.17) is 4.42 Å². The van der Waals surface area contributed by atoms with Crippen LogP contribution in [0.25, 0.3) is 193 Å². The maximum Gasteiger partial charge on any atom is 0.136 e. The molecule has 0 amide bonds. The quantitative estimate of drug-likeness (QED) is 0.149. The maximum absolute atomic E-state index is 6.31. The van der Waals surface area contributed by atoms with Crippen molar-refractivity contribution in [2.24, 2.45) is 0 Å². The van der Waals surface area contributed by atoms with E-state index in [1.54, 1.807) is 0 Å². The van der Waals surface area contributed by atoms with Gasteiger partial charge in [-0.25, -0.2) is 0 Å². The van der Waals surface area contributed by atoms with Crippen molar-refractivity contribution in [3.8, 4) is 83.8 Å². The van der Waals surface area contributed by atoms with Gasteiger partial charge < -0.3 is 18.1 Å². The SMILES string of the molecule is c1ccc(-n2c3ccccc3c3ccc(-c4ccc5c(c4)-c4ccccc4C5c4ccc(-c5cccc6oc7ccccc7c56)c5ccccc45)cc32)cc1.c1ccc(-n2c3ccccc3c3ccc(-c4ccc5c(c4)c4ccccc4n5-c4cccc5c(-c6cccc7c6Cc6ccccc6-7)cccc45)cc32)cc1. The number of benzene rings is 18. The molecule has 1 unspecified atom stereocenters. The van der Waals surface area contributed by atoms with Gasteiger partial charge in [-0.3, -0.25) is 0 Å². The van der Waals surface area contributed by atoms with Crippen LogP contribution < -0.4 is 0 Å². The highest BCUT2D eigenvalue weighted by Crippen LogP contribution is 2.53. The van der Waals surface area contributed by atoms with Gasteiger partial charge in [0.1, 0.15) is 11.2 Å². The molecule has 0 saturated heterocycles. The van der Waals surface area contributed by atoms with Crippen molar-refractivity contribution in [1.82, 2.24) is 13.7 Å². The summed E-state index contributed by atoms with van der Waals surface area (Å²) in [7, 11) is 0. The van der Waals surface area contributed by atoms with Crippen LogP contribution in [-0.4, -0.2) is 13.7 Å². The summed E-state index contributed by atoms with van der Waals surface area (Å²) in [4.78, 5) is 0. The van der Waals surface area contributed by atoms with Crippen molar-refractivity contribution in [2.45, 2.75) is 12.3 Å². The molecule has 0 aliphatic heterocycles. The van der Waals surface area contributed by atoms with E-state index < -0.39 is 0 Å². The average molecular weight is 1400 g/mol. The van der Waals surface area contributed by atoms with E-state index in [1.807, 2.05) is 6.07 Å². The lowest BCUT2D eigenvalue weighted by Gasteiger charge is -2.19. The lowest BCUT2D eigenvalue weighted by Crippen LogP contribution is -2.01. The molecular weight excluding hydrogens is 1330 g/mol. The second kappa shape index (κ2) is 24.6. The van der Waals surface area contributed by atoms with Gasteiger partial charge in [-0.1, -0.05) is 297 Å². The van der Waals surface area contributed by atoms with Gasteiger partial charge in [-0.05, 0) is 208 Å². The summed E-state index contributed by atoms with van der Waals surface area (Å²) in [5.41, 5.74) is 34.8. The van der Waals surface area contributed by atoms with Crippen molar-refractivity contribution in [2.75, 3.05) is 0 Å². The summed E-state index contributed by atoms with van der Waals surface area (Å²) in [6.45, 7) is 0. The van der Waals surface area contributed by atoms with Gasteiger partial charge in [0.15, 0.2) is 0 Å². The second-order valence-corrected chi connectivity index (χ2v) is 29.6. The molecular formula is C106H67N3O. The highest BCUT2D eigenvalue weighted by atomic mass is 16.3. The standard InChI is InChI=1S/C53H34N2.C53H33NO/c1-2-14-37(15-3-1)54-49-24-8-6-17-44(49)46-29-27-35(33-53(46)54)34-28-30-52-48(31-34)45-18-7-9-25-50(45)55(52)51-26-12-22-41-40(20-11-23-43(41)51)42-21-10-19-39-38-16-5-4-13-36(38)32-47(39)42;1-2-13-35(14-3-1)54-48-22-10-8-18-40(48)41-27-25-34(32-49(41)54)33-26-28-45-47(31-33)38-17-6-7-19-42(38)52(45)44-30-29-39(36-15-4-5-16-37(36)44)43-21-12-24-51-53(43)46-20-9-11-23-50(46)55-51/h1-31,33H,32H2;1-32,52H. The molecule has 4 heteroatoms. The minimum atomic E-state index is 0.118. The summed E-state index contributed by atoms with van der Waals surface area (Å²) < 4.78 is 13.6. The van der Waals surface area contributed by atoms with E-state index >= 15 is 0 Å². The molecule has 0 radical (unpaired) electrons. The van der Waals surface area contributed by atoms with E-state index in [1.165, 1.54) is 204 Å². The number of aromatic nitrogens is 3. The third-order valence-corrected chi connectivity index (χ3v) is 23.9. The topological polar surface area (TPSA) is 27.9 Å². The van der Waals surface area contributed by atoms with Crippen LogP contribution in [0, 0.1) is 0 Å². The normalized spacial score (nSPS) is 13.0. The van der Waals surface area contributed by atoms with Gasteiger partial charge in [0.05, 0.1) is 38.8 Å². The number of furan rings is 1. The van der Waals surface area contributed by atoms with Gasteiger partial charge in [-0.2, -0.15) is 0 Å². The molecule has 24 rings (SSSR count). The Kier molecular flexibility index (Phi) is 13.9. The fraction of sp³-hybridized carbons (Fsp3) is 0.0189. The highest BCUT2D eigenvalue weighted by Gasteiger charge is 2.33. The Bertz CT molecular complexity index is 7570. The minimum Gasteiger partial charge on any atom is -0.456 e. The second-order valence-electron chi connectivity index (χ2n) is 29.6. The fourth-order valence-corrected chi connectivity index (χ4v) is 19.1. The third-order valence-electron chi connectivity index (χ3n) is 23.9. The summed E-state index contributed by atoms with van der Waals surface area (Å²) in [6, 6.07) is 143. The number of hydrogen-bond donors (Lipinski definition) is 0. The van der Waals surface area contributed by atoms with Gasteiger partial charge in [0.25, 0.3) is 0 Å². The molecule has 4 nitrogen and oxygen atoms in total. The summed E-state index contributed by atoms with van der Waals surface area (Å²) in [5, 5.41) is 14.9. The summed E-state index contributed by atoms with van der Waals surface area (Å²) >= 11 is 0. The highest BCUT2D eigenvalue weighted by molar-refractivity contribution is 6.18. The van der Waals surface area contributed by atoms with Crippen molar-refractivity contribution < 1.29 is 4.42 Å². The molecule has 1 atom stereocenters. The Morgan fingerprint density at radius 3 is 1.38 bits per heavy atom. The number of hydrogen-bond acceptors (Lipinski definition) is 1. The van der Waals surface area contributed by atoms with Crippen molar-refractivity contribution in [1.29, 1.82) is 0 Å². The first-order valence-corrected chi connectivity index (χ1v) is 38.2. The summed E-state index contributed by atoms with van der Waals surface area (Å²) in [5.74, 6) is 0.118. The lowest BCUT2D eigenvalue weighted by atomic mass is 9.83. The van der Waals surface area contributed by atoms with Crippen LogP contribution in [0.15, 0.2) is 393 Å². The average Bonchev–Trinajstić information content (AvgIpc) is 1.54. The molecule has 0 fully saturated rings. The number of fused-ring (bicyclic) bond motifs is 20. The van der Waals surface area contributed by atoms with Gasteiger partial charge in [0.2, 0.25) is 0 Å². The van der Waals surface area contributed by atoms with Crippen LogP contribution in [-0.2, 0) is 6.42 Å². The van der Waals surface area contributed by atoms with Crippen LogP contribution in [0.1, 0.15) is 33.7 Å². The van der Waals surface area contributed by atoms with Crippen molar-refractivity contribution in [3.63, 3.8) is 0 Å². The Balaban J connectivity index is 0.000000132. The molecule has 512 valence electrons. The Morgan fingerprint density at radius 1 is 0.218 bits per heavy atom. The zero-order chi connectivity index (χ0) is 72.1. The number of rotatable bonds is 8. The molecule has 2 aliphatic rings. The van der Waals surface area contributed by atoms with Crippen LogP contribution in [0.5, 0.6) is 0 Å². The largest absolute Gasteiger partial charge is 0.456 e. The van der Waals surface area contributed by atoms with Gasteiger partial charge in [0, 0.05) is 65.8 Å². The fourth-order valence-electron chi connectivity index (χ4n) is 19.1. The van der Waals surface area contributed by atoms with Crippen LogP contribution in [0.4, 0.5) is 0 Å². The Morgan fingerprint density at radius 2 is 0.655 bits per heavy atom. The van der Waals surface area contributed by atoms with Crippen molar-refractivity contribution >= 4 is 109 Å².